The summed E-state index contributed by atoms with van der Waals surface area (Å²) < 4.78 is 11.5. The Bertz CT molecular complexity index is 1440. The zero-order valence-electron chi connectivity index (χ0n) is 25.3. The minimum Gasteiger partial charge on any atom is -0.381 e. The van der Waals surface area contributed by atoms with Crippen molar-refractivity contribution in [3.05, 3.63) is 86.3 Å². The zero-order valence-corrected chi connectivity index (χ0v) is 25.3. The van der Waals surface area contributed by atoms with Crippen molar-refractivity contribution in [1.82, 2.24) is 15.6 Å². The molecule has 0 bridgehead atoms. The molecule has 1 unspecified atom stereocenters. The van der Waals surface area contributed by atoms with Gasteiger partial charge in [-0.05, 0) is 93.0 Å². The molecule has 2 aliphatic rings. The van der Waals surface area contributed by atoms with Crippen molar-refractivity contribution >= 4 is 11.6 Å². The molecule has 0 radical (unpaired) electrons. The molecule has 2 saturated heterocycles. The standard InChI is InChI=1S/C34H44N4O4/c1-5-38(28-10-13-41-14-11-28)32-19-27(26-8-6-25(7-9-26)17-29-20-35-12-15-42-29)18-30(24(32)4)33(39)36-21-31-22(2)16-23(3)37-34(31)40/h6-9,16,18-19,28-29,35H,5,10-15,17,20-21H2,1-4H3,(H,36,39)(H,37,40). The Morgan fingerprint density at radius 2 is 1.79 bits per heavy atom. The third kappa shape index (κ3) is 6.94. The number of aromatic nitrogens is 1. The molecule has 0 spiro atoms. The van der Waals surface area contributed by atoms with Gasteiger partial charge >= 0.3 is 0 Å². The van der Waals surface area contributed by atoms with E-state index in [0.29, 0.717) is 17.2 Å². The number of aryl methyl sites for hydroxylation is 2. The van der Waals surface area contributed by atoms with Crippen LogP contribution in [0.2, 0.25) is 0 Å². The van der Waals surface area contributed by atoms with E-state index >= 15 is 0 Å². The van der Waals surface area contributed by atoms with Gasteiger partial charge in [0.2, 0.25) is 0 Å². The number of rotatable bonds is 9. The van der Waals surface area contributed by atoms with E-state index in [9.17, 15) is 9.59 Å². The maximum atomic E-state index is 13.7. The number of carbonyl (C=O) groups is 1. The Balaban J connectivity index is 1.46. The summed E-state index contributed by atoms with van der Waals surface area (Å²) in [5.41, 5.74) is 8.02. The largest absolute Gasteiger partial charge is 0.381 e. The first-order valence-corrected chi connectivity index (χ1v) is 15.2. The minimum atomic E-state index is -0.184. The summed E-state index contributed by atoms with van der Waals surface area (Å²) in [5.74, 6) is -0.184. The van der Waals surface area contributed by atoms with Crippen molar-refractivity contribution < 1.29 is 14.3 Å². The van der Waals surface area contributed by atoms with Crippen LogP contribution in [0.15, 0.2) is 47.3 Å². The molecule has 5 rings (SSSR count). The predicted molar refractivity (Wildman–Crippen MR) is 167 cm³/mol. The van der Waals surface area contributed by atoms with Gasteiger partial charge in [0.05, 0.1) is 12.7 Å². The van der Waals surface area contributed by atoms with E-state index in [2.05, 4.69) is 57.8 Å². The molecule has 3 N–H and O–H groups in total. The van der Waals surface area contributed by atoms with E-state index in [4.69, 9.17) is 9.47 Å². The van der Waals surface area contributed by atoms with Gasteiger partial charge in [0.15, 0.2) is 0 Å². The number of amides is 1. The molecule has 8 heteroatoms. The van der Waals surface area contributed by atoms with Crippen LogP contribution in [-0.4, -0.2) is 62.5 Å². The lowest BCUT2D eigenvalue weighted by Crippen LogP contribution is -2.40. The second-order valence-electron chi connectivity index (χ2n) is 11.5. The SMILES string of the molecule is CCN(c1cc(-c2ccc(CC3CNCCO3)cc2)cc(C(=O)NCc2c(C)cc(C)[nH]c2=O)c1C)C1CCOCC1. The Labute approximate surface area is 248 Å². The number of hydrogen-bond donors (Lipinski definition) is 3. The molecular formula is C34H44N4O4. The summed E-state index contributed by atoms with van der Waals surface area (Å²) in [6.07, 6.45) is 2.97. The van der Waals surface area contributed by atoms with E-state index < -0.39 is 0 Å². The minimum absolute atomic E-state index is 0.162. The molecule has 2 aromatic carbocycles. The number of aromatic amines is 1. The third-order valence-corrected chi connectivity index (χ3v) is 8.58. The maximum absolute atomic E-state index is 13.7. The number of anilines is 1. The monoisotopic (exact) mass is 572 g/mol. The maximum Gasteiger partial charge on any atom is 0.253 e. The number of morpholine rings is 1. The van der Waals surface area contributed by atoms with Crippen molar-refractivity contribution in [2.45, 2.75) is 65.6 Å². The van der Waals surface area contributed by atoms with Gasteiger partial charge in [0, 0.05) is 67.9 Å². The first-order chi connectivity index (χ1) is 20.3. The molecule has 1 amide bonds. The smallest absolute Gasteiger partial charge is 0.253 e. The summed E-state index contributed by atoms with van der Waals surface area (Å²) >= 11 is 0. The van der Waals surface area contributed by atoms with Gasteiger partial charge in [-0.3, -0.25) is 9.59 Å². The van der Waals surface area contributed by atoms with Crippen LogP contribution in [0.1, 0.15) is 58.1 Å². The van der Waals surface area contributed by atoms with E-state index in [1.165, 1.54) is 5.56 Å². The van der Waals surface area contributed by atoms with E-state index in [0.717, 1.165) is 92.4 Å². The molecule has 0 aliphatic carbocycles. The van der Waals surface area contributed by atoms with Gasteiger partial charge < -0.3 is 30.0 Å². The van der Waals surface area contributed by atoms with Gasteiger partial charge in [-0.2, -0.15) is 0 Å². The number of nitrogens with zero attached hydrogens (tertiary/aromatic N) is 1. The van der Waals surface area contributed by atoms with Gasteiger partial charge in [0.25, 0.3) is 11.5 Å². The van der Waals surface area contributed by atoms with Crippen LogP contribution in [0.5, 0.6) is 0 Å². The quantitative estimate of drug-likeness (QED) is 0.351. The highest BCUT2D eigenvalue weighted by atomic mass is 16.5. The molecule has 224 valence electrons. The van der Waals surface area contributed by atoms with Crippen molar-refractivity contribution in [3.63, 3.8) is 0 Å². The summed E-state index contributed by atoms with van der Waals surface area (Å²) in [5, 5.41) is 6.44. The first kappa shape index (κ1) is 30.0. The lowest BCUT2D eigenvalue weighted by atomic mass is 9.94. The number of H-pyrrole nitrogens is 1. The van der Waals surface area contributed by atoms with Crippen LogP contribution in [0.3, 0.4) is 0 Å². The van der Waals surface area contributed by atoms with Gasteiger partial charge in [-0.15, -0.1) is 0 Å². The van der Waals surface area contributed by atoms with Crippen molar-refractivity contribution in [2.75, 3.05) is 44.4 Å². The van der Waals surface area contributed by atoms with Crippen LogP contribution in [-0.2, 0) is 22.4 Å². The van der Waals surface area contributed by atoms with E-state index in [-0.39, 0.29) is 24.1 Å². The Morgan fingerprint density at radius 1 is 1.02 bits per heavy atom. The number of hydrogen-bond acceptors (Lipinski definition) is 6. The molecule has 1 atom stereocenters. The second kappa shape index (κ2) is 13.7. The topological polar surface area (TPSA) is 95.7 Å². The van der Waals surface area contributed by atoms with Gasteiger partial charge in [0.1, 0.15) is 0 Å². The zero-order chi connectivity index (χ0) is 29.6. The molecule has 2 fully saturated rings. The van der Waals surface area contributed by atoms with E-state index in [1.54, 1.807) is 0 Å². The Hall–Kier alpha value is -3.46. The summed E-state index contributed by atoms with van der Waals surface area (Å²) in [6, 6.07) is 15.1. The second-order valence-corrected chi connectivity index (χ2v) is 11.5. The summed E-state index contributed by atoms with van der Waals surface area (Å²) in [4.78, 5) is 31.6. The molecule has 3 aromatic rings. The number of nitrogens with one attached hydrogen (secondary N) is 3. The number of carbonyl (C=O) groups excluding carboxylic acids is 1. The lowest BCUT2D eigenvalue weighted by molar-refractivity contribution is 0.0292. The number of ether oxygens (including phenoxy) is 2. The average Bonchev–Trinajstić information content (AvgIpc) is 2.99. The van der Waals surface area contributed by atoms with E-state index in [1.807, 2.05) is 32.9 Å². The fourth-order valence-corrected chi connectivity index (χ4v) is 6.23. The fraction of sp³-hybridized carbons (Fsp3) is 0.471. The van der Waals surface area contributed by atoms with Crippen LogP contribution in [0, 0.1) is 20.8 Å². The highest BCUT2D eigenvalue weighted by Gasteiger charge is 2.25. The van der Waals surface area contributed by atoms with Gasteiger partial charge in [-0.1, -0.05) is 24.3 Å². The van der Waals surface area contributed by atoms with Crippen LogP contribution >= 0.6 is 0 Å². The molecule has 1 aromatic heterocycles. The van der Waals surface area contributed by atoms with Crippen LogP contribution in [0.25, 0.3) is 11.1 Å². The fourth-order valence-electron chi connectivity index (χ4n) is 6.23. The summed E-state index contributed by atoms with van der Waals surface area (Å²) in [7, 11) is 0. The van der Waals surface area contributed by atoms with Crippen LogP contribution in [0.4, 0.5) is 5.69 Å². The predicted octanol–water partition coefficient (Wildman–Crippen LogP) is 4.43. The Morgan fingerprint density at radius 3 is 2.45 bits per heavy atom. The highest BCUT2D eigenvalue weighted by Crippen LogP contribution is 2.34. The molecule has 3 heterocycles. The molecule has 0 saturated carbocycles. The van der Waals surface area contributed by atoms with Crippen molar-refractivity contribution in [3.8, 4) is 11.1 Å². The normalized spacial score (nSPS) is 17.7. The number of pyridine rings is 1. The molecule has 2 aliphatic heterocycles. The van der Waals surface area contributed by atoms with Gasteiger partial charge in [-0.25, -0.2) is 0 Å². The Kier molecular flexibility index (Phi) is 9.77. The van der Waals surface area contributed by atoms with Crippen molar-refractivity contribution in [1.29, 1.82) is 0 Å². The molecular weight excluding hydrogens is 528 g/mol. The lowest BCUT2D eigenvalue weighted by Gasteiger charge is -2.37. The number of benzene rings is 2. The third-order valence-electron chi connectivity index (χ3n) is 8.58. The summed E-state index contributed by atoms with van der Waals surface area (Å²) in [6.45, 7) is 13.0. The molecule has 42 heavy (non-hydrogen) atoms. The highest BCUT2D eigenvalue weighted by molar-refractivity contribution is 5.99. The van der Waals surface area contributed by atoms with Crippen molar-refractivity contribution in [2.24, 2.45) is 0 Å². The average molecular weight is 573 g/mol. The first-order valence-electron chi connectivity index (χ1n) is 15.2. The van der Waals surface area contributed by atoms with Crippen LogP contribution < -0.4 is 21.1 Å². The molecule has 8 nitrogen and oxygen atoms in total.